The van der Waals surface area contributed by atoms with E-state index >= 15 is 0 Å². The summed E-state index contributed by atoms with van der Waals surface area (Å²) in [6.45, 7) is 0.0471. The Labute approximate surface area is 119 Å². The molecule has 0 saturated heterocycles. The van der Waals surface area contributed by atoms with E-state index in [1.165, 1.54) is 6.20 Å². The van der Waals surface area contributed by atoms with Crippen LogP contribution in [0.1, 0.15) is 15.2 Å². The van der Waals surface area contributed by atoms with Gasteiger partial charge in [0.1, 0.15) is 5.56 Å². The zero-order valence-corrected chi connectivity index (χ0v) is 11.2. The topological polar surface area (TPSA) is 62.2 Å². The van der Waals surface area contributed by atoms with E-state index in [2.05, 4.69) is 10.3 Å². The Morgan fingerprint density at radius 1 is 1.40 bits per heavy atom. The number of hydrogen-bond acceptors (Lipinski definition) is 4. The molecule has 0 amide bonds. The molecule has 2 N–H and O–H groups in total. The molecule has 0 saturated carbocycles. The van der Waals surface area contributed by atoms with Crippen molar-refractivity contribution in [3.8, 4) is 0 Å². The number of nitrogens with zero attached hydrogens (tertiary/aromatic N) is 1. The zero-order chi connectivity index (χ0) is 14.9. The highest BCUT2D eigenvalue weighted by atomic mass is 35.5. The second-order valence-electron chi connectivity index (χ2n) is 3.65. The molecule has 9 heteroatoms. The number of hydrogen-bond donors (Lipinski definition) is 2. The molecule has 20 heavy (non-hydrogen) atoms. The summed E-state index contributed by atoms with van der Waals surface area (Å²) in [6, 6.07) is 0.555. The van der Waals surface area contributed by atoms with Gasteiger partial charge in [-0.1, -0.05) is 11.6 Å². The van der Waals surface area contributed by atoms with E-state index in [0.717, 1.165) is 11.3 Å². The van der Waals surface area contributed by atoms with Crippen LogP contribution in [0.25, 0.3) is 0 Å². The molecule has 2 aromatic rings. The summed E-state index contributed by atoms with van der Waals surface area (Å²) >= 11 is 6.72. The standard InChI is InChI=1S/C11H6ClF3N2O2S/c12-11-17-3-4(20-11)2-16-6-1-5(13)8(14)7(9(6)15)10(18)19/h1,3,16H,2H2,(H,18,19). The fourth-order valence-electron chi connectivity index (χ4n) is 1.47. The van der Waals surface area contributed by atoms with Crippen molar-refractivity contribution in [2.75, 3.05) is 5.32 Å². The van der Waals surface area contributed by atoms with Crippen LogP contribution in [-0.2, 0) is 6.54 Å². The summed E-state index contributed by atoms with van der Waals surface area (Å²) in [6.07, 6.45) is 1.43. The van der Waals surface area contributed by atoms with Gasteiger partial charge in [0.2, 0.25) is 0 Å². The maximum Gasteiger partial charge on any atom is 0.341 e. The van der Waals surface area contributed by atoms with Crippen LogP contribution in [0.4, 0.5) is 18.9 Å². The molecule has 0 aliphatic carbocycles. The monoisotopic (exact) mass is 322 g/mol. The predicted octanol–water partition coefficient (Wildman–Crippen LogP) is 3.52. The molecule has 4 nitrogen and oxygen atoms in total. The van der Waals surface area contributed by atoms with Gasteiger partial charge in [-0.25, -0.2) is 22.9 Å². The molecule has 0 fully saturated rings. The summed E-state index contributed by atoms with van der Waals surface area (Å²) < 4.78 is 40.5. The summed E-state index contributed by atoms with van der Waals surface area (Å²) in [7, 11) is 0. The summed E-state index contributed by atoms with van der Waals surface area (Å²) in [4.78, 5) is 15.1. The summed E-state index contributed by atoms with van der Waals surface area (Å²) in [5.74, 6) is -6.44. The smallest absolute Gasteiger partial charge is 0.341 e. The van der Waals surface area contributed by atoms with Crippen LogP contribution in [0.3, 0.4) is 0 Å². The number of aromatic carboxylic acids is 1. The lowest BCUT2D eigenvalue weighted by atomic mass is 10.1. The van der Waals surface area contributed by atoms with Gasteiger partial charge in [-0.15, -0.1) is 11.3 Å². The second-order valence-corrected chi connectivity index (χ2v) is 5.34. The minimum Gasteiger partial charge on any atom is -0.477 e. The van der Waals surface area contributed by atoms with E-state index in [1.807, 2.05) is 0 Å². The molecule has 0 aliphatic heterocycles. The van der Waals surface area contributed by atoms with Crippen molar-refractivity contribution in [2.24, 2.45) is 0 Å². The second kappa shape index (κ2) is 5.68. The quantitative estimate of drug-likeness (QED) is 0.845. The van der Waals surface area contributed by atoms with E-state index in [1.54, 1.807) is 0 Å². The first-order valence-corrected chi connectivity index (χ1v) is 6.34. The minimum atomic E-state index is -1.89. The molecule has 1 aromatic carbocycles. The van der Waals surface area contributed by atoms with Crippen molar-refractivity contribution in [3.63, 3.8) is 0 Å². The molecule has 0 radical (unpaired) electrons. The highest BCUT2D eigenvalue weighted by Gasteiger charge is 2.24. The van der Waals surface area contributed by atoms with Gasteiger partial charge in [0.05, 0.1) is 12.2 Å². The Kier molecular flexibility index (Phi) is 4.15. The van der Waals surface area contributed by atoms with Gasteiger partial charge in [-0.05, 0) is 0 Å². The lowest BCUT2D eigenvalue weighted by Crippen LogP contribution is -2.11. The van der Waals surface area contributed by atoms with Crippen molar-refractivity contribution < 1.29 is 23.1 Å². The van der Waals surface area contributed by atoms with Gasteiger partial charge in [0.15, 0.2) is 21.9 Å². The summed E-state index contributed by atoms with van der Waals surface area (Å²) in [5, 5.41) is 11.2. The van der Waals surface area contributed by atoms with Gasteiger partial charge in [0.25, 0.3) is 0 Å². The molecular weight excluding hydrogens is 317 g/mol. The highest BCUT2D eigenvalue weighted by Crippen LogP contribution is 2.25. The van der Waals surface area contributed by atoms with Crippen molar-refractivity contribution in [1.82, 2.24) is 4.98 Å². The van der Waals surface area contributed by atoms with Crippen molar-refractivity contribution in [1.29, 1.82) is 0 Å². The third-order valence-electron chi connectivity index (χ3n) is 2.35. The van der Waals surface area contributed by atoms with Crippen molar-refractivity contribution in [3.05, 3.63) is 44.6 Å². The molecule has 0 unspecified atom stereocenters. The van der Waals surface area contributed by atoms with Crippen LogP contribution < -0.4 is 5.32 Å². The number of carbonyl (C=O) groups is 1. The number of anilines is 1. The molecule has 106 valence electrons. The maximum absolute atomic E-state index is 13.8. The molecule has 0 bridgehead atoms. The van der Waals surface area contributed by atoms with Crippen LogP contribution >= 0.6 is 22.9 Å². The SMILES string of the molecule is O=C(O)c1c(F)c(F)cc(NCc2cnc(Cl)s2)c1F. The van der Waals surface area contributed by atoms with Crippen LogP contribution in [0.2, 0.25) is 4.47 Å². The number of rotatable bonds is 4. The number of benzene rings is 1. The van der Waals surface area contributed by atoms with Gasteiger partial charge < -0.3 is 10.4 Å². The largest absolute Gasteiger partial charge is 0.477 e. The van der Waals surface area contributed by atoms with E-state index in [9.17, 15) is 18.0 Å². The first-order valence-electron chi connectivity index (χ1n) is 5.15. The molecular formula is C11H6ClF3N2O2S. The van der Waals surface area contributed by atoms with Gasteiger partial charge >= 0.3 is 5.97 Å². The highest BCUT2D eigenvalue weighted by molar-refractivity contribution is 7.15. The number of thiazole rings is 1. The van der Waals surface area contributed by atoms with Crippen LogP contribution in [0, 0.1) is 17.5 Å². The molecule has 1 heterocycles. The fraction of sp³-hybridized carbons (Fsp3) is 0.0909. The molecule has 2 rings (SSSR count). The molecule has 1 aromatic heterocycles. The Morgan fingerprint density at radius 3 is 2.65 bits per heavy atom. The zero-order valence-electron chi connectivity index (χ0n) is 9.58. The van der Waals surface area contributed by atoms with Crippen molar-refractivity contribution in [2.45, 2.75) is 6.54 Å². The molecule has 0 aliphatic rings. The Hall–Kier alpha value is -1.80. The van der Waals surface area contributed by atoms with Gasteiger partial charge in [0, 0.05) is 17.1 Å². The van der Waals surface area contributed by atoms with Crippen LogP contribution in [-0.4, -0.2) is 16.1 Å². The van der Waals surface area contributed by atoms with E-state index in [4.69, 9.17) is 16.7 Å². The lowest BCUT2D eigenvalue weighted by Gasteiger charge is -2.09. The average molecular weight is 323 g/mol. The maximum atomic E-state index is 13.8. The summed E-state index contributed by atoms with van der Waals surface area (Å²) in [5.41, 5.74) is -1.79. The number of nitrogens with one attached hydrogen (secondary N) is 1. The third-order valence-corrected chi connectivity index (χ3v) is 3.46. The number of aromatic nitrogens is 1. The Bertz CT molecular complexity index is 678. The van der Waals surface area contributed by atoms with Gasteiger partial charge in [-0.2, -0.15) is 0 Å². The number of carboxylic acids is 1. The average Bonchev–Trinajstić information content (AvgIpc) is 2.78. The van der Waals surface area contributed by atoms with Crippen LogP contribution in [0.5, 0.6) is 0 Å². The minimum absolute atomic E-state index is 0.0471. The normalized spacial score (nSPS) is 10.6. The predicted molar refractivity (Wildman–Crippen MR) is 67.7 cm³/mol. The molecule has 0 atom stereocenters. The number of halogens is 4. The Morgan fingerprint density at radius 2 is 2.10 bits per heavy atom. The first kappa shape index (κ1) is 14.6. The fourth-order valence-corrected chi connectivity index (χ4v) is 2.39. The Balaban J connectivity index is 2.30. The van der Waals surface area contributed by atoms with E-state index < -0.39 is 34.7 Å². The molecule has 0 spiro atoms. The van der Waals surface area contributed by atoms with Crippen molar-refractivity contribution >= 4 is 34.6 Å². The van der Waals surface area contributed by atoms with E-state index in [-0.39, 0.29) is 11.0 Å². The van der Waals surface area contributed by atoms with Crippen LogP contribution in [0.15, 0.2) is 12.3 Å². The third kappa shape index (κ3) is 2.86. The van der Waals surface area contributed by atoms with Gasteiger partial charge in [-0.3, -0.25) is 0 Å². The lowest BCUT2D eigenvalue weighted by molar-refractivity contribution is 0.0685. The van der Waals surface area contributed by atoms with E-state index in [0.29, 0.717) is 10.9 Å². The number of carboxylic acid groups (broad SMARTS) is 1. The first-order chi connectivity index (χ1) is 9.40.